The molecular formula is C12H14BrClO4S. The van der Waals surface area contributed by atoms with Crippen LogP contribution in [-0.2, 0) is 13.8 Å². The Kier molecular flexibility index (Phi) is 4.70. The Labute approximate surface area is 125 Å². The van der Waals surface area contributed by atoms with Crippen LogP contribution in [0.3, 0.4) is 0 Å². The lowest BCUT2D eigenvalue weighted by molar-refractivity contribution is 0.00684. The summed E-state index contributed by atoms with van der Waals surface area (Å²) >= 11 is 3.21. The van der Waals surface area contributed by atoms with Crippen molar-refractivity contribution in [2.75, 3.05) is 0 Å². The highest BCUT2D eigenvalue weighted by atomic mass is 79.9. The second kappa shape index (κ2) is 5.42. The molecule has 0 atom stereocenters. The molecule has 0 spiro atoms. The Morgan fingerprint density at radius 3 is 2.26 bits per heavy atom. The molecule has 0 saturated heterocycles. The maximum atomic E-state index is 12.0. The van der Waals surface area contributed by atoms with Crippen LogP contribution in [-0.4, -0.2) is 20.0 Å². The summed E-state index contributed by atoms with van der Waals surface area (Å²) in [4.78, 5) is 11.9. The molecule has 0 aromatic heterocycles. The molecule has 19 heavy (non-hydrogen) atoms. The average molecular weight is 370 g/mol. The van der Waals surface area contributed by atoms with Gasteiger partial charge in [0, 0.05) is 15.2 Å². The highest BCUT2D eigenvalue weighted by Gasteiger charge is 2.23. The quantitative estimate of drug-likeness (QED) is 0.590. The molecule has 0 saturated carbocycles. The van der Waals surface area contributed by atoms with Crippen molar-refractivity contribution >= 4 is 41.6 Å². The van der Waals surface area contributed by atoms with E-state index in [4.69, 9.17) is 15.4 Å². The smallest absolute Gasteiger partial charge is 0.338 e. The molecule has 0 amide bonds. The number of hydrogen-bond donors (Lipinski definition) is 0. The van der Waals surface area contributed by atoms with Crippen molar-refractivity contribution < 1.29 is 17.9 Å². The highest BCUT2D eigenvalue weighted by Crippen LogP contribution is 2.28. The van der Waals surface area contributed by atoms with Crippen LogP contribution in [0.15, 0.2) is 21.5 Å². The zero-order chi connectivity index (χ0) is 15.0. The second-order valence-electron chi connectivity index (χ2n) is 5.02. The van der Waals surface area contributed by atoms with Gasteiger partial charge in [0.25, 0.3) is 9.05 Å². The topological polar surface area (TPSA) is 60.4 Å². The molecule has 0 aliphatic heterocycles. The zero-order valence-electron chi connectivity index (χ0n) is 11.0. The first kappa shape index (κ1) is 16.5. The predicted octanol–water partition coefficient (Wildman–Crippen LogP) is 3.64. The van der Waals surface area contributed by atoms with Crippen LogP contribution in [0, 0.1) is 6.92 Å². The van der Waals surface area contributed by atoms with Crippen molar-refractivity contribution in [3.8, 4) is 0 Å². The van der Waals surface area contributed by atoms with E-state index in [9.17, 15) is 13.2 Å². The van der Waals surface area contributed by atoms with Gasteiger partial charge in [-0.15, -0.1) is 0 Å². The number of hydrogen-bond acceptors (Lipinski definition) is 4. The van der Waals surface area contributed by atoms with Gasteiger partial charge in [-0.3, -0.25) is 0 Å². The molecule has 0 fully saturated rings. The monoisotopic (exact) mass is 368 g/mol. The number of carbonyl (C=O) groups excluding carboxylic acids is 1. The molecule has 0 bridgehead atoms. The Hall–Kier alpha value is -0.590. The summed E-state index contributed by atoms with van der Waals surface area (Å²) < 4.78 is 28.4. The molecule has 0 heterocycles. The molecule has 0 unspecified atom stereocenters. The van der Waals surface area contributed by atoms with E-state index in [1.807, 2.05) is 0 Å². The molecule has 106 valence electrons. The third kappa shape index (κ3) is 4.47. The van der Waals surface area contributed by atoms with Gasteiger partial charge in [0.2, 0.25) is 0 Å². The van der Waals surface area contributed by atoms with Gasteiger partial charge >= 0.3 is 5.97 Å². The van der Waals surface area contributed by atoms with E-state index in [2.05, 4.69) is 15.9 Å². The summed E-state index contributed by atoms with van der Waals surface area (Å²) in [6.07, 6.45) is 0. The van der Waals surface area contributed by atoms with Crippen molar-refractivity contribution in [3.05, 3.63) is 27.7 Å². The fourth-order valence-electron chi connectivity index (χ4n) is 1.34. The fourth-order valence-corrected chi connectivity index (χ4v) is 2.74. The van der Waals surface area contributed by atoms with Gasteiger partial charge in [-0.2, -0.15) is 0 Å². The average Bonchev–Trinajstić information content (AvgIpc) is 2.17. The largest absolute Gasteiger partial charge is 0.456 e. The van der Waals surface area contributed by atoms with Gasteiger partial charge in [-0.1, -0.05) is 15.9 Å². The minimum Gasteiger partial charge on any atom is -0.456 e. The Balaban J connectivity index is 3.36. The maximum Gasteiger partial charge on any atom is 0.338 e. The molecule has 7 heteroatoms. The molecule has 0 aliphatic rings. The molecule has 1 aromatic rings. The minimum atomic E-state index is -3.91. The van der Waals surface area contributed by atoms with Gasteiger partial charge in [-0.05, 0) is 45.4 Å². The van der Waals surface area contributed by atoms with Crippen molar-refractivity contribution in [3.63, 3.8) is 0 Å². The van der Waals surface area contributed by atoms with Crippen LogP contribution in [0.5, 0.6) is 0 Å². The lowest BCUT2D eigenvalue weighted by Crippen LogP contribution is -2.24. The predicted molar refractivity (Wildman–Crippen MR) is 77.1 cm³/mol. The van der Waals surface area contributed by atoms with Crippen LogP contribution in [0.25, 0.3) is 0 Å². The van der Waals surface area contributed by atoms with Crippen molar-refractivity contribution in [2.45, 2.75) is 38.2 Å². The first-order valence-corrected chi connectivity index (χ1v) is 8.50. The third-order valence-corrected chi connectivity index (χ3v) is 4.38. The Morgan fingerprint density at radius 2 is 1.84 bits per heavy atom. The summed E-state index contributed by atoms with van der Waals surface area (Å²) in [6, 6.07) is 2.57. The van der Waals surface area contributed by atoms with E-state index >= 15 is 0 Å². The van der Waals surface area contributed by atoms with Crippen LogP contribution in [0.2, 0.25) is 0 Å². The van der Waals surface area contributed by atoms with Crippen molar-refractivity contribution in [1.82, 2.24) is 0 Å². The van der Waals surface area contributed by atoms with E-state index in [1.54, 1.807) is 27.7 Å². The lowest BCUT2D eigenvalue weighted by Gasteiger charge is -2.20. The molecule has 0 N–H and O–H groups in total. The first-order valence-electron chi connectivity index (χ1n) is 5.40. The lowest BCUT2D eigenvalue weighted by atomic mass is 10.1. The Bertz CT molecular complexity index is 617. The van der Waals surface area contributed by atoms with E-state index in [0.717, 1.165) is 0 Å². The van der Waals surface area contributed by atoms with Crippen molar-refractivity contribution in [2.24, 2.45) is 0 Å². The number of benzene rings is 1. The van der Waals surface area contributed by atoms with Crippen LogP contribution < -0.4 is 0 Å². The number of carbonyl (C=O) groups is 1. The molecule has 0 radical (unpaired) electrons. The highest BCUT2D eigenvalue weighted by molar-refractivity contribution is 9.10. The minimum absolute atomic E-state index is 0.146. The maximum absolute atomic E-state index is 12.0. The normalized spacial score (nSPS) is 12.3. The van der Waals surface area contributed by atoms with E-state index in [0.29, 0.717) is 10.0 Å². The first-order chi connectivity index (χ1) is 8.42. The number of ether oxygens (including phenoxy) is 1. The molecule has 1 rings (SSSR count). The van der Waals surface area contributed by atoms with Crippen molar-refractivity contribution in [1.29, 1.82) is 0 Å². The van der Waals surface area contributed by atoms with Gasteiger partial charge in [-0.25, -0.2) is 13.2 Å². The molecule has 1 aromatic carbocycles. The van der Waals surface area contributed by atoms with Gasteiger partial charge in [0.1, 0.15) is 5.60 Å². The van der Waals surface area contributed by atoms with Gasteiger partial charge in [0.05, 0.1) is 10.5 Å². The SMILES string of the molecule is Cc1c(Br)cc(S(=O)(=O)Cl)cc1C(=O)OC(C)(C)C. The van der Waals surface area contributed by atoms with Gasteiger partial charge < -0.3 is 4.74 Å². The van der Waals surface area contributed by atoms with E-state index in [-0.39, 0.29) is 10.5 Å². The summed E-state index contributed by atoms with van der Waals surface area (Å²) in [7, 11) is 1.38. The summed E-state index contributed by atoms with van der Waals surface area (Å²) in [5, 5.41) is 0. The fraction of sp³-hybridized carbons (Fsp3) is 0.417. The Morgan fingerprint density at radius 1 is 1.32 bits per heavy atom. The third-order valence-electron chi connectivity index (χ3n) is 2.22. The van der Waals surface area contributed by atoms with Crippen LogP contribution >= 0.6 is 26.6 Å². The molecular weight excluding hydrogens is 356 g/mol. The van der Waals surface area contributed by atoms with Gasteiger partial charge in [0.15, 0.2) is 0 Å². The van der Waals surface area contributed by atoms with Crippen LogP contribution in [0.4, 0.5) is 0 Å². The summed E-state index contributed by atoms with van der Waals surface area (Å²) in [5.41, 5.74) is 0.105. The number of rotatable bonds is 2. The summed E-state index contributed by atoms with van der Waals surface area (Å²) in [5.74, 6) is -0.590. The number of esters is 1. The molecule has 0 aliphatic carbocycles. The summed E-state index contributed by atoms with van der Waals surface area (Å²) in [6.45, 7) is 6.89. The van der Waals surface area contributed by atoms with E-state index in [1.165, 1.54) is 12.1 Å². The van der Waals surface area contributed by atoms with E-state index < -0.39 is 20.6 Å². The standard InChI is InChI=1S/C12H14BrClO4S/c1-7-9(11(15)18-12(2,3)4)5-8(6-10(7)13)19(14,16)17/h5-6H,1-4H3. The zero-order valence-corrected chi connectivity index (χ0v) is 14.1. The molecule has 4 nitrogen and oxygen atoms in total. The number of halogens is 2. The van der Waals surface area contributed by atoms with Crippen LogP contribution in [0.1, 0.15) is 36.7 Å². The second-order valence-corrected chi connectivity index (χ2v) is 8.44.